The molecule has 0 bridgehead atoms. The normalized spacial score (nSPS) is 14.6. The van der Waals surface area contributed by atoms with Crippen LogP contribution in [0.1, 0.15) is 11.1 Å². The van der Waals surface area contributed by atoms with Gasteiger partial charge in [0.1, 0.15) is 5.82 Å². The zero-order valence-corrected chi connectivity index (χ0v) is 20.1. The number of hydrogen-bond acceptors (Lipinski definition) is 5. The number of nitrogens with one attached hydrogen (secondary N) is 1. The molecular weight excluding hydrogens is 504 g/mol. The van der Waals surface area contributed by atoms with Crippen molar-refractivity contribution in [3.05, 3.63) is 71.5 Å². The summed E-state index contributed by atoms with van der Waals surface area (Å²) < 4.78 is 59.6. The van der Waals surface area contributed by atoms with Crippen molar-refractivity contribution < 1.29 is 27.1 Å². The zero-order valence-electron chi connectivity index (χ0n) is 20.1. The van der Waals surface area contributed by atoms with Crippen LogP contribution in [0.2, 0.25) is 0 Å². The number of ether oxygens (including phenoxy) is 1. The lowest BCUT2D eigenvalue weighted by Gasteiger charge is -2.26. The molecule has 0 atom stereocenters. The van der Waals surface area contributed by atoms with E-state index in [-0.39, 0.29) is 5.69 Å². The van der Waals surface area contributed by atoms with Crippen LogP contribution in [-0.2, 0) is 17.5 Å². The highest BCUT2D eigenvalue weighted by molar-refractivity contribution is 6.03. The van der Waals surface area contributed by atoms with Gasteiger partial charge < -0.3 is 16.2 Å². The number of carbonyl (C=O) groups excluding carboxylic acids is 1. The second kappa shape index (κ2) is 9.95. The van der Waals surface area contributed by atoms with E-state index in [1.54, 1.807) is 12.1 Å². The SMILES string of the molecule is NC(=O)N(c1ccc(-c2ccc(CN3CCOCC3)c3[nH]nc(N)c23)cc1)c1cc(C(F)(F)F)ccc1F. The van der Waals surface area contributed by atoms with Crippen molar-refractivity contribution in [1.82, 2.24) is 15.1 Å². The van der Waals surface area contributed by atoms with Crippen molar-refractivity contribution in [3.63, 3.8) is 0 Å². The number of benzene rings is 3. The van der Waals surface area contributed by atoms with Gasteiger partial charge in [0.15, 0.2) is 5.82 Å². The van der Waals surface area contributed by atoms with Gasteiger partial charge in [-0.25, -0.2) is 9.18 Å². The van der Waals surface area contributed by atoms with E-state index in [0.29, 0.717) is 54.2 Å². The lowest BCUT2D eigenvalue weighted by atomic mass is 9.98. The summed E-state index contributed by atoms with van der Waals surface area (Å²) in [6, 6.07) is 10.8. The second-order valence-corrected chi connectivity index (χ2v) is 8.90. The Morgan fingerprint density at radius 1 is 1.08 bits per heavy atom. The number of fused-ring (bicyclic) bond motifs is 1. The van der Waals surface area contributed by atoms with Gasteiger partial charge >= 0.3 is 12.2 Å². The van der Waals surface area contributed by atoms with Gasteiger partial charge in [-0.1, -0.05) is 24.3 Å². The number of nitrogen functional groups attached to an aromatic ring is 1. The summed E-state index contributed by atoms with van der Waals surface area (Å²) in [6.45, 7) is 3.67. The molecule has 5 N–H and O–H groups in total. The van der Waals surface area contributed by atoms with E-state index in [2.05, 4.69) is 15.1 Å². The summed E-state index contributed by atoms with van der Waals surface area (Å²) in [7, 11) is 0. The molecule has 3 aromatic carbocycles. The molecule has 198 valence electrons. The van der Waals surface area contributed by atoms with Gasteiger partial charge in [0.05, 0.1) is 41.1 Å². The molecule has 1 aliphatic rings. The minimum atomic E-state index is -4.72. The number of anilines is 3. The van der Waals surface area contributed by atoms with Crippen LogP contribution in [0.5, 0.6) is 0 Å². The molecule has 5 rings (SSSR count). The van der Waals surface area contributed by atoms with Crippen molar-refractivity contribution in [1.29, 1.82) is 0 Å². The first-order chi connectivity index (χ1) is 18.1. The highest BCUT2D eigenvalue weighted by atomic mass is 19.4. The number of H-pyrrole nitrogens is 1. The number of urea groups is 1. The highest BCUT2D eigenvalue weighted by Gasteiger charge is 2.32. The number of alkyl halides is 3. The number of halogens is 4. The third-order valence-electron chi connectivity index (χ3n) is 6.50. The van der Waals surface area contributed by atoms with Gasteiger partial charge in [0, 0.05) is 19.6 Å². The van der Waals surface area contributed by atoms with E-state index in [1.807, 2.05) is 12.1 Å². The predicted molar refractivity (Wildman–Crippen MR) is 135 cm³/mol. The number of carbonyl (C=O) groups is 1. The van der Waals surface area contributed by atoms with Gasteiger partial charge in [-0.05, 0) is 47.0 Å². The monoisotopic (exact) mass is 528 g/mol. The Hall–Kier alpha value is -4.16. The van der Waals surface area contributed by atoms with Crippen LogP contribution >= 0.6 is 0 Å². The second-order valence-electron chi connectivity index (χ2n) is 8.90. The molecule has 0 saturated carbocycles. The minimum Gasteiger partial charge on any atom is -0.382 e. The molecule has 38 heavy (non-hydrogen) atoms. The standard InChI is InChI=1S/C26H24F4N6O2/c27-20-8-4-17(26(28,29)30)13-21(20)36(25(32)37)18-5-1-15(2-6-18)19-7-3-16(14-35-9-11-38-12-10-35)23-22(19)24(31)34-33-23/h1-8,13H,9-12,14H2,(H2,32,37)(H3,31,33,34). The Bertz CT molecular complexity index is 1480. The summed E-state index contributed by atoms with van der Waals surface area (Å²) in [5.41, 5.74) is 13.3. The van der Waals surface area contributed by atoms with Gasteiger partial charge in [-0.2, -0.15) is 18.3 Å². The quantitative estimate of drug-likeness (QED) is 0.315. The maximum Gasteiger partial charge on any atom is 0.416 e. The van der Waals surface area contributed by atoms with E-state index < -0.39 is 29.3 Å². The number of nitrogens with two attached hydrogens (primary N) is 2. The third-order valence-corrected chi connectivity index (χ3v) is 6.50. The summed E-state index contributed by atoms with van der Waals surface area (Å²) >= 11 is 0. The van der Waals surface area contributed by atoms with Crippen molar-refractivity contribution in [2.24, 2.45) is 5.73 Å². The fourth-order valence-corrected chi connectivity index (χ4v) is 4.62. The van der Waals surface area contributed by atoms with Crippen molar-refractivity contribution in [2.45, 2.75) is 12.7 Å². The first-order valence-corrected chi connectivity index (χ1v) is 11.8. The number of aromatic nitrogens is 2. The summed E-state index contributed by atoms with van der Waals surface area (Å²) in [5, 5.41) is 7.92. The fourth-order valence-electron chi connectivity index (χ4n) is 4.62. The summed E-state index contributed by atoms with van der Waals surface area (Å²) in [6.07, 6.45) is -4.72. The molecule has 1 aromatic heterocycles. The number of amides is 2. The van der Waals surface area contributed by atoms with E-state index in [9.17, 15) is 22.4 Å². The topological polar surface area (TPSA) is 114 Å². The number of hydrogen-bond donors (Lipinski definition) is 3. The Balaban J connectivity index is 1.50. The van der Waals surface area contributed by atoms with Crippen LogP contribution in [0.25, 0.3) is 22.0 Å². The lowest BCUT2D eigenvalue weighted by molar-refractivity contribution is -0.137. The lowest BCUT2D eigenvalue weighted by Crippen LogP contribution is -2.35. The summed E-state index contributed by atoms with van der Waals surface area (Å²) in [4.78, 5) is 15.2. The average Bonchev–Trinajstić information content (AvgIpc) is 3.28. The Morgan fingerprint density at radius 3 is 2.45 bits per heavy atom. The number of morpholine rings is 1. The van der Waals surface area contributed by atoms with Crippen LogP contribution in [-0.4, -0.2) is 47.4 Å². The van der Waals surface area contributed by atoms with Crippen LogP contribution in [0, 0.1) is 5.82 Å². The zero-order chi connectivity index (χ0) is 27.0. The molecule has 2 heterocycles. The highest BCUT2D eigenvalue weighted by Crippen LogP contribution is 2.38. The molecule has 4 aromatic rings. The fraction of sp³-hybridized carbons (Fsp3) is 0.231. The molecule has 0 aliphatic carbocycles. The van der Waals surface area contributed by atoms with E-state index >= 15 is 0 Å². The molecule has 0 spiro atoms. The van der Waals surface area contributed by atoms with Gasteiger partial charge in [-0.3, -0.25) is 14.9 Å². The minimum absolute atomic E-state index is 0.0971. The predicted octanol–water partition coefficient (Wildman–Crippen LogP) is 5.02. The van der Waals surface area contributed by atoms with Gasteiger partial charge in [0.2, 0.25) is 0 Å². The van der Waals surface area contributed by atoms with E-state index in [0.717, 1.165) is 35.1 Å². The smallest absolute Gasteiger partial charge is 0.382 e. The largest absolute Gasteiger partial charge is 0.416 e. The molecule has 0 unspecified atom stereocenters. The van der Waals surface area contributed by atoms with Crippen molar-refractivity contribution >= 4 is 34.1 Å². The van der Waals surface area contributed by atoms with Crippen molar-refractivity contribution in [3.8, 4) is 11.1 Å². The van der Waals surface area contributed by atoms with E-state index in [4.69, 9.17) is 16.2 Å². The number of aromatic amines is 1. The Kier molecular flexibility index (Phi) is 6.67. The maximum atomic E-state index is 14.5. The van der Waals surface area contributed by atoms with Crippen LogP contribution in [0.3, 0.4) is 0 Å². The Morgan fingerprint density at radius 2 is 1.79 bits per heavy atom. The molecule has 0 radical (unpaired) electrons. The van der Waals surface area contributed by atoms with Gasteiger partial charge in [-0.15, -0.1) is 0 Å². The number of nitrogens with zero attached hydrogens (tertiary/aromatic N) is 3. The molecule has 1 aliphatic heterocycles. The van der Waals surface area contributed by atoms with E-state index in [1.165, 1.54) is 12.1 Å². The molecule has 1 fully saturated rings. The average molecular weight is 529 g/mol. The summed E-state index contributed by atoms with van der Waals surface area (Å²) in [5.74, 6) is -0.711. The first kappa shape index (κ1) is 25.5. The molecule has 12 heteroatoms. The third kappa shape index (κ3) is 4.87. The molecule has 2 amide bonds. The molecule has 1 saturated heterocycles. The van der Waals surface area contributed by atoms with Gasteiger partial charge in [0.25, 0.3) is 0 Å². The first-order valence-electron chi connectivity index (χ1n) is 11.8. The number of rotatable bonds is 5. The molecule has 8 nitrogen and oxygen atoms in total. The van der Waals surface area contributed by atoms with Crippen LogP contribution in [0.4, 0.5) is 39.5 Å². The van der Waals surface area contributed by atoms with Crippen molar-refractivity contribution in [2.75, 3.05) is 36.9 Å². The maximum absolute atomic E-state index is 14.5. The Labute approximate surface area is 214 Å². The van der Waals surface area contributed by atoms with Crippen LogP contribution < -0.4 is 16.4 Å². The van der Waals surface area contributed by atoms with Crippen LogP contribution in [0.15, 0.2) is 54.6 Å². The molecular formula is C26H24F4N6O2. The number of primary amides is 1.